The van der Waals surface area contributed by atoms with Crippen LogP contribution in [0.25, 0.3) is 0 Å². The van der Waals surface area contributed by atoms with Crippen LogP contribution in [-0.2, 0) is 16.1 Å². The Balaban J connectivity index is 1.87. The van der Waals surface area contributed by atoms with Crippen LogP contribution in [0, 0.1) is 0 Å². The van der Waals surface area contributed by atoms with E-state index in [2.05, 4.69) is 36.5 Å². The van der Waals surface area contributed by atoms with Gasteiger partial charge in [-0.2, -0.15) is 0 Å². The molecule has 3 rings (SSSR count). The summed E-state index contributed by atoms with van der Waals surface area (Å²) >= 11 is 0. The number of carbonyl (C=O) groups is 2. The molecule has 1 N–H and O–H groups in total. The number of unbranched alkanes of at least 4 members (excludes halogenated alkanes) is 1. The zero-order valence-electron chi connectivity index (χ0n) is 20.9. The van der Waals surface area contributed by atoms with E-state index in [0.717, 1.165) is 35.3 Å². The lowest BCUT2D eigenvalue weighted by molar-refractivity contribution is -0.140. The van der Waals surface area contributed by atoms with Crippen molar-refractivity contribution in [2.24, 2.45) is 0 Å². The molecule has 3 aromatic carbocycles. The average Bonchev–Trinajstić information content (AvgIpc) is 2.91. The lowest BCUT2D eigenvalue weighted by Crippen LogP contribution is -2.48. The molecule has 1 atom stereocenters. The van der Waals surface area contributed by atoms with Crippen molar-refractivity contribution in [2.75, 3.05) is 13.7 Å². The summed E-state index contributed by atoms with van der Waals surface area (Å²) in [6, 6.07) is 27.2. The molecule has 5 heteroatoms. The van der Waals surface area contributed by atoms with Crippen molar-refractivity contribution in [3.8, 4) is 5.75 Å². The van der Waals surface area contributed by atoms with Crippen LogP contribution in [0.4, 0.5) is 0 Å². The van der Waals surface area contributed by atoms with Gasteiger partial charge in [0, 0.05) is 25.4 Å². The molecule has 0 spiro atoms. The predicted octanol–water partition coefficient (Wildman–Crippen LogP) is 5.55. The maximum Gasteiger partial charge on any atom is 0.242 e. The van der Waals surface area contributed by atoms with E-state index in [4.69, 9.17) is 4.74 Å². The highest BCUT2D eigenvalue weighted by Gasteiger charge is 2.29. The number of nitrogens with zero attached hydrogens (tertiary/aromatic N) is 1. The minimum atomic E-state index is -0.589. The van der Waals surface area contributed by atoms with Gasteiger partial charge in [0.2, 0.25) is 11.8 Å². The first-order chi connectivity index (χ1) is 17.0. The van der Waals surface area contributed by atoms with E-state index in [1.807, 2.05) is 67.6 Å². The molecule has 3 aromatic rings. The second-order valence-electron chi connectivity index (χ2n) is 8.77. The highest BCUT2D eigenvalue weighted by Crippen LogP contribution is 2.29. The molecule has 0 unspecified atom stereocenters. The number of nitrogens with one attached hydrogen (secondary N) is 1. The van der Waals surface area contributed by atoms with Gasteiger partial charge in [-0.3, -0.25) is 9.59 Å². The molecule has 0 aliphatic heterocycles. The minimum Gasteiger partial charge on any atom is -0.497 e. The monoisotopic (exact) mass is 472 g/mol. The van der Waals surface area contributed by atoms with Crippen LogP contribution < -0.4 is 10.1 Å². The van der Waals surface area contributed by atoms with E-state index in [1.165, 1.54) is 0 Å². The Morgan fingerprint density at radius 3 is 1.97 bits per heavy atom. The normalized spacial score (nSPS) is 11.7. The van der Waals surface area contributed by atoms with E-state index < -0.39 is 6.04 Å². The molecule has 5 nitrogen and oxygen atoms in total. The summed E-state index contributed by atoms with van der Waals surface area (Å²) < 4.78 is 5.27. The lowest BCUT2D eigenvalue weighted by atomic mass is 9.88. The summed E-state index contributed by atoms with van der Waals surface area (Å²) in [6.45, 7) is 4.85. The number of hydrogen-bond donors (Lipinski definition) is 1. The van der Waals surface area contributed by atoms with Gasteiger partial charge in [0.25, 0.3) is 0 Å². The molecule has 0 saturated heterocycles. The van der Waals surface area contributed by atoms with E-state index in [1.54, 1.807) is 12.0 Å². The van der Waals surface area contributed by atoms with Gasteiger partial charge < -0.3 is 15.0 Å². The SMILES string of the molecule is CCCCNC(=O)[C@@H](C)N(Cc1ccc(OC)cc1)C(=O)CC(c1ccccc1)c1ccccc1. The Morgan fingerprint density at radius 1 is 0.886 bits per heavy atom. The molecule has 35 heavy (non-hydrogen) atoms. The fraction of sp³-hybridized carbons (Fsp3) is 0.333. The predicted molar refractivity (Wildman–Crippen MR) is 140 cm³/mol. The zero-order valence-corrected chi connectivity index (χ0v) is 20.9. The van der Waals surface area contributed by atoms with Crippen molar-refractivity contribution >= 4 is 11.8 Å². The fourth-order valence-electron chi connectivity index (χ4n) is 4.14. The first-order valence-electron chi connectivity index (χ1n) is 12.3. The van der Waals surface area contributed by atoms with Gasteiger partial charge >= 0.3 is 0 Å². The van der Waals surface area contributed by atoms with Crippen LogP contribution in [0.3, 0.4) is 0 Å². The van der Waals surface area contributed by atoms with Crippen molar-refractivity contribution in [1.82, 2.24) is 10.2 Å². The second kappa shape index (κ2) is 13.3. The van der Waals surface area contributed by atoms with Crippen molar-refractivity contribution < 1.29 is 14.3 Å². The smallest absolute Gasteiger partial charge is 0.242 e. The Bertz CT molecular complexity index is 1010. The summed E-state index contributed by atoms with van der Waals surface area (Å²) in [7, 11) is 1.63. The van der Waals surface area contributed by atoms with E-state index in [9.17, 15) is 9.59 Å². The van der Waals surface area contributed by atoms with Gasteiger partial charge in [0.1, 0.15) is 11.8 Å². The first kappa shape index (κ1) is 26.0. The van der Waals surface area contributed by atoms with Crippen molar-refractivity contribution in [2.45, 2.75) is 51.6 Å². The third kappa shape index (κ3) is 7.44. The second-order valence-corrected chi connectivity index (χ2v) is 8.77. The molecule has 0 aliphatic rings. The summed E-state index contributed by atoms with van der Waals surface area (Å²) in [5.74, 6) is 0.469. The van der Waals surface area contributed by atoms with Gasteiger partial charge in [-0.15, -0.1) is 0 Å². The third-order valence-corrected chi connectivity index (χ3v) is 6.29. The molecule has 2 amide bonds. The molecule has 0 bridgehead atoms. The van der Waals surface area contributed by atoms with E-state index in [-0.39, 0.29) is 24.2 Å². The van der Waals surface area contributed by atoms with E-state index in [0.29, 0.717) is 13.1 Å². The largest absolute Gasteiger partial charge is 0.497 e. The van der Waals surface area contributed by atoms with E-state index >= 15 is 0 Å². The Kier molecular flexibility index (Phi) is 9.91. The van der Waals surface area contributed by atoms with Gasteiger partial charge in [-0.25, -0.2) is 0 Å². The number of rotatable bonds is 12. The number of carbonyl (C=O) groups excluding carboxylic acids is 2. The van der Waals surface area contributed by atoms with Gasteiger partial charge in [-0.05, 0) is 42.2 Å². The van der Waals surface area contributed by atoms with Crippen LogP contribution >= 0.6 is 0 Å². The highest BCUT2D eigenvalue weighted by atomic mass is 16.5. The molecule has 0 aliphatic carbocycles. The molecule has 0 heterocycles. The van der Waals surface area contributed by atoms with Gasteiger partial charge in [0.05, 0.1) is 7.11 Å². The molecule has 0 saturated carbocycles. The molecular formula is C30H36N2O3. The number of hydrogen-bond acceptors (Lipinski definition) is 3. The Hall–Kier alpha value is -3.60. The molecule has 0 fully saturated rings. The van der Waals surface area contributed by atoms with Gasteiger partial charge in [0.15, 0.2) is 0 Å². The van der Waals surface area contributed by atoms with Crippen LogP contribution in [0.1, 0.15) is 55.7 Å². The number of methoxy groups -OCH3 is 1. The molecule has 184 valence electrons. The van der Waals surface area contributed by atoms with Crippen molar-refractivity contribution in [1.29, 1.82) is 0 Å². The Morgan fingerprint density at radius 2 is 1.46 bits per heavy atom. The number of amides is 2. The Labute approximate surface area is 209 Å². The summed E-state index contributed by atoms with van der Waals surface area (Å²) in [4.78, 5) is 28.5. The first-order valence-corrected chi connectivity index (χ1v) is 12.3. The highest BCUT2D eigenvalue weighted by molar-refractivity contribution is 5.87. The summed E-state index contributed by atoms with van der Waals surface area (Å²) in [6.07, 6.45) is 2.19. The number of ether oxygens (including phenoxy) is 1. The fourth-order valence-corrected chi connectivity index (χ4v) is 4.14. The van der Waals surface area contributed by atoms with Gasteiger partial charge in [-0.1, -0.05) is 86.1 Å². The quantitative estimate of drug-likeness (QED) is 0.352. The minimum absolute atomic E-state index is 0.0586. The summed E-state index contributed by atoms with van der Waals surface area (Å²) in [5, 5.41) is 2.99. The lowest BCUT2D eigenvalue weighted by Gasteiger charge is -2.30. The zero-order chi connectivity index (χ0) is 25.0. The molecule has 0 radical (unpaired) electrons. The third-order valence-electron chi connectivity index (χ3n) is 6.29. The van der Waals surface area contributed by atoms with Crippen LogP contribution in [0.2, 0.25) is 0 Å². The number of benzene rings is 3. The standard InChI is InChI=1S/C30H36N2O3/c1-4-5-20-31-30(34)23(2)32(22-24-16-18-27(35-3)19-17-24)29(33)21-28(25-12-8-6-9-13-25)26-14-10-7-11-15-26/h6-19,23,28H,4-5,20-22H2,1-3H3,(H,31,34)/t23-/m1/s1. The van der Waals surface area contributed by atoms with Crippen molar-refractivity contribution in [3.63, 3.8) is 0 Å². The van der Waals surface area contributed by atoms with Crippen molar-refractivity contribution in [3.05, 3.63) is 102 Å². The summed E-state index contributed by atoms with van der Waals surface area (Å²) in [5.41, 5.74) is 3.11. The maximum absolute atomic E-state index is 13.8. The van der Waals surface area contributed by atoms with Crippen LogP contribution in [0.15, 0.2) is 84.9 Å². The maximum atomic E-state index is 13.8. The van der Waals surface area contributed by atoms with Crippen LogP contribution in [-0.4, -0.2) is 36.4 Å². The van der Waals surface area contributed by atoms with Crippen LogP contribution in [0.5, 0.6) is 5.75 Å². The molecule has 0 aromatic heterocycles. The average molecular weight is 473 g/mol. The molecular weight excluding hydrogens is 436 g/mol. The topological polar surface area (TPSA) is 58.6 Å².